The van der Waals surface area contributed by atoms with Crippen LogP contribution >= 0.6 is 0 Å². The third-order valence-electron chi connectivity index (χ3n) is 3.86. The normalized spacial score (nSPS) is 19.3. The summed E-state index contributed by atoms with van der Waals surface area (Å²) in [5, 5.41) is 10.5. The van der Waals surface area contributed by atoms with E-state index in [0.29, 0.717) is 11.3 Å². The van der Waals surface area contributed by atoms with E-state index in [4.69, 9.17) is 4.74 Å². The molecule has 2 rings (SSSR count). The van der Waals surface area contributed by atoms with Crippen molar-refractivity contribution >= 4 is 0 Å². The second-order valence-electron chi connectivity index (χ2n) is 5.08. The summed E-state index contributed by atoms with van der Waals surface area (Å²) < 4.78 is 18.3. The number of aliphatic hydroxyl groups excluding tert-OH is 1. The van der Waals surface area contributed by atoms with E-state index in [0.717, 1.165) is 12.8 Å². The summed E-state index contributed by atoms with van der Waals surface area (Å²) in [5.74, 6) is 0.391. The number of rotatable bonds is 3. The van der Waals surface area contributed by atoms with Crippen LogP contribution in [0.3, 0.4) is 0 Å². The molecule has 1 N–H and O–H groups in total. The maximum absolute atomic E-state index is 13.1. The first-order chi connectivity index (χ1) is 8.72. The smallest absolute Gasteiger partial charge is 0.127 e. The van der Waals surface area contributed by atoms with E-state index in [1.807, 2.05) is 0 Å². The standard InChI is InChI=1S/C15H21FO2/c1-18-14-10-12(16)8-9-13(14)15(17)11-6-4-2-3-5-7-11/h8-11,15,17H,2-7H2,1H3. The van der Waals surface area contributed by atoms with Gasteiger partial charge in [0.2, 0.25) is 0 Å². The van der Waals surface area contributed by atoms with Crippen LogP contribution in [-0.2, 0) is 0 Å². The number of ether oxygens (including phenoxy) is 1. The molecule has 1 aliphatic carbocycles. The van der Waals surface area contributed by atoms with Crippen LogP contribution in [0.4, 0.5) is 4.39 Å². The van der Waals surface area contributed by atoms with Crippen LogP contribution in [0.1, 0.15) is 50.2 Å². The summed E-state index contributed by atoms with van der Waals surface area (Å²) in [6.07, 6.45) is 6.39. The molecule has 1 saturated carbocycles. The number of halogens is 1. The molecule has 18 heavy (non-hydrogen) atoms. The quantitative estimate of drug-likeness (QED) is 0.828. The number of methoxy groups -OCH3 is 1. The zero-order valence-electron chi connectivity index (χ0n) is 10.9. The Kier molecular flexibility index (Phi) is 4.59. The Morgan fingerprint density at radius 2 is 1.89 bits per heavy atom. The fraction of sp³-hybridized carbons (Fsp3) is 0.600. The largest absolute Gasteiger partial charge is 0.496 e. The van der Waals surface area contributed by atoms with Gasteiger partial charge in [-0.3, -0.25) is 0 Å². The van der Waals surface area contributed by atoms with E-state index < -0.39 is 6.10 Å². The molecular formula is C15H21FO2. The Bertz CT molecular complexity index is 384. The van der Waals surface area contributed by atoms with Crippen molar-refractivity contribution in [2.75, 3.05) is 7.11 Å². The van der Waals surface area contributed by atoms with Gasteiger partial charge in [-0.15, -0.1) is 0 Å². The van der Waals surface area contributed by atoms with E-state index >= 15 is 0 Å². The molecule has 1 aromatic rings. The predicted octanol–water partition coefficient (Wildman–Crippen LogP) is 3.84. The summed E-state index contributed by atoms with van der Waals surface area (Å²) >= 11 is 0. The molecule has 100 valence electrons. The van der Waals surface area contributed by atoms with Crippen molar-refractivity contribution < 1.29 is 14.2 Å². The Labute approximate surface area is 108 Å². The van der Waals surface area contributed by atoms with Crippen molar-refractivity contribution in [1.82, 2.24) is 0 Å². The third-order valence-corrected chi connectivity index (χ3v) is 3.86. The average molecular weight is 252 g/mol. The lowest BCUT2D eigenvalue weighted by molar-refractivity contribution is 0.0960. The second kappa shape index (κ2) is 6.19. The highest BCUT2D eigenvalue weighted by molar-refractivity contribution is 5.36. The van der Waals surface area contributed by atoms with Crippen LogP contribution in [0, 0.1) is 11.7 Å². The van der Waals surface area contributed by atoms with Gasteiger partial charge in [-0.1, -0.05) is 25.7 Å². The van der Waals surface area contributed by atoms with Gasteiger partial charge in [-0.25, -0.2) is 4.39 Å². The predicted molar refractivity (Wildman–Crippen MR) is 69.1 cm³/mol. The van der Waals surface area contributed by atoms with Gasteiger partial charge in [0, 0.05) is 11.6 Å². The van der Waals surface area contributed by atoms with Crippen molar-refractivity contribution in [2.45, 2.75) is 44.6 Å². The zero-order valence-corrected chi connectivity index (χ0v) is 10.9. The minimum absolute atomic E-state index is 0.270. The lowest BCUT2D eigenvalue weighted by Crippen LogP contribution is -2.13. The second-order valence-corrected chi connectivity index (χ2v) is 5.08. The van der Waals surface area contributed by atoms with Crippen molar-refractivity contribution in [3.05, 3.63) is 29.6 Å². The SMILES string of the molecule is COc1cc(F)ccc1C(O)C1CCCCCC1. The minimum atomic E-state index is -0.543. The Hall–Kier alpha value is -1.09. The molecule has 1 unspecified atom stereocenters. The third kappa shape index (κ3) is 3.02. The maximum Gasteiger partial charge on any atom is 0.127 e. The first-order valence-electron chi connectivity index (χ1n) is 6.74. The van der Waals surface area contributed by atoms with Gasteiger partial charge in [-0.2, -0.15) is 0 Å². The van der Waals surface area contributed by atoms with Crippen LogP contribution in [-0.4, -0.2) is 12.2 Å². The van der Waals surface area contributed by atoms with Crippen molar-refractivity contribution in [2.24, 2.45) is 5.92 Å². The number of hydrogen-bond acceptors (Lipinski definition) is 2. The van der Waals surface area contributed by atoms with Gasteiger partial charge < -0.3 is 9.84 Å². The molecule has 2 nitrogen and oxygen atoms in total. The summed E-state index contributed by atoms with van der Waals surface area (Å²) in [7, 11) is 1.51. The first-order valence-corrected chi connectivity index (χ1v) is 6.74. The van der Waals surface area contributed by atoms with Crippen LogP contribution in [0.5, 0.6) is 5.75 Å². The fourth-order valence-electron chi connectivity index (χ4n) is 2.81. The van der Waals surface area contributed by atoms with Crippen molar-refractivity contribution in [3.63, 3.8) is 0 Å². The highest BCUT2D eigenvalue weighted by Gasteiger charge is 2.24. The molecular weight excluding hydrogens is 231 g/mol. The van der Waals surface area contributed by atoms with Gasteiger partial charge >= 0.3 is 0 Å². The highest BCUT2D eigenvalue weighted by atomic mass is 19.1. The van der Waals surface area contributed by atoms with Crippen LogP contribution in [0.25, 0.3) is 0 Å². The van der Waals surface area contributed by atoms with Gasteiger partial charge in [0.05, 0.1) is 13.2 Å². The van der Waals surface area contributed by atoms with E-state index in [9.17, 15) is 9.50 Å². The van der Waals surface area contributed by atoms with Gasteiger partial charge in [0.15, 0.2) is 0 Å². The molecule has 0 radical (unpaired) electrons. The summed E-state index contributed by atoms with van der Waals surface area (Å²) in [6.45, 7) is 0. The Morgan fingerprint density at radius 3 is 2.50 bits per heavy atom. The van der Waals surface area contributed by atoms with Gasteiger partial charge in [0.25, 0.3) is 0 Å². The summed E-state index contributed by atoms with van der Waals surface area (Å²) in [6, 6.07) is 4.37. The molecule has 1 fully saturated rings. The molecule has 0 heterocycles. The topological polar surface area (TPSA) is 29.5 Å². The zero-order chi connectivity index (χ0) is 13.0. The highest BCUT2D eigenvalue weighted by Crippen LogP contribution is 2.37. The lowest BCUT2D eigenvalue weighted by Gasteiger charge is -2.23. The molecule has 1 aliphatic rings. The molecule has 0 aromatic heterocycles. The van der Waals surface area contributed by atoms with Crippen molar-refractivity contribution in [3.8, 4) is 5.75 Å². The molecule has 0 amide bonds. The van der Waals surface area contributed by atoms with Crippen molar-refractivity contribution in [1.29, 1.82) is 0 Å². The molecule has 3 heteroatoms. The van der Waals surface area contributed by atoms with E-state index in [1.54, 1.807) is 6.07 Å². The molecule has 0 bridgehead atoms. The van der Waals surface area contributed by atoms with Crippen LogP contribution in [0.15, 0.2) is 18.2 Å². The summed E-state index contributed by atoms with van der Waals surface area (Å²) in [4.78, 5) is 0. The monoisotopic (exact) mass is 252 g/mol. The minimum Gasteiger partial charge on any atom is -0.496 e. The lowest BCUT2D eigenvalue weighted by atomic mass is 9.89. The van der Waals surface area contributed by atoms with Gasteiger partial charge in [-0.05, 0) is 30.9 Å². The number of hydrogen-bond donors (Lipinski definition) is 1. The Balaban J connectivity index is 2.18. The average Bonchev–Trinajstić information content (AvgIpc) is 2.66. The van der Waals surface area contributed by atoms with Gasteiger partial charge in [0.1, 0.15) is 11.6 Å². The summed E-state index contributed by atoms with van der Waals surface area (Å²) in [5.41, 5.74) is 0.714. The maximum atomic E-state index is 13.1. The molecule has 0 spiro atoms. The van der Waals surface area contributed by atoms with E-state index in [2.05, 4.69) is 0 Å². The fourth-order valence-corrected chi connectivity index (χ4v) is 2.81. The molecule has 1 atom stereocenters. The molecule has 1 aromatic carbocycles. The van der Waals surface area contributed by atoms with Crippen LogP contribution < -0.4 is 4.74 Å². The number of benzene rings is 1. The molecule has 0 aliphatic heterocycles. The number of aliphatic hydroxyl groups is 1. The molecule has 0 saturated heterocycles. The van der Waals surface area contributed by atoms with E-state index in [1.165, 1.54) is 44.9 Å². The van der Waals surface area contributed by atoms with E-state index in [-0.39, 0.29) is 11.7 Å². The van der Waals surface area contributed by atoms with Crippen LogP contribution in [0.2, 0.25) is 0 Å². The Morgan fingerprint density at radius 1 is 1.22 bits per heavy atom. The first kappa shape index (κ1) is 13.3.